The number of rotatable bonds is 8. The second-order valence-corrected chi connectivity index (χ2v) is 5.53. The highest BCUT2D eigenvalue weighted by atomic mass is 19.1. The van der Waals surface area contributed by atoms with E-state index < -0.39 is 17.8 Å². The van der Waals surface area contributed by atoms with E-state index >= 15 is 0 Å². The van der Waals surface area contributed by atoms with Crippen LogP contribution in [-0.2, 0) is 28.5 Å². The van der Waals surface area contributed by atoms with Gasteiger partial charge >= 0.3 is 11.9 Å². The highest BCUT2D eigenvalue weighted by Gasteiger charge is 2.32. The first-order valence-corrected chi connectivity index (χ1v) is 8.19. The molecule has 1 aromatic carbocycles. The molecule has 1 heterocycles. The third-order valence-electron chi connectivity index (χ3n) is 3.81. The van der Waals surface area contributed by atoms with Crippen molar-refractivity contribution in [1.82, 2.24) is 0 Å². The molecule has 8 nitrogen and oxygen atoms in total. The minimum absolute atomic E-state index is 0.00380. The second-order valence-electron chi connectivity index (χ2n) is 5.53. The Kier molecular flexibility index (Phi) is 7.56. The van der Waals surface area contributed by atoms with Gasteiger partial charge in [0.2, 0.25) is 0 Å². The molecular weight excluding hydrogens is 361 g/mol. The molecule has 0 amide bonds. The Morgan fingerprint density at radius 3 is 2.52 bits per heavy atom. The SMILES string of the molecule is COCCCOc1ccc(N2COCC(C(=O)OC)=C2C(=O)OC)cc1F. The molecule has 0 aliphatic carbocycles. The number of esters is 2. The lowest BCUT2D eigenvalue weighted by atomic mass is 10.1. The summed E-state index contributed by atoms with van der Waals surface area (Å²) in [7, 11) is 3.96. The summed E-state index contributed by atoms with van der Waals surface area (Å²) in [6.45, 7) is 0.639. The van der Waals surface area contributed by atoms with Gasteiger partial charge in [-0.05, 0) is 12.1 Å². The third kappa shape index (κ3) is 4.95. The number of anilines is 1. The number of hydrogen-bond acceptors (Lipinski definition) is 8. The van der Waals surface area contributed by atoms with Gasteiger partial charge in [0.05, 0.1) is 33.0 Å². The zero-order valence-corrected chi connectivity index (χ0v) is 15.5. The summed E-state index contributed by atoms with van der Waals surface area (Å²) >= 11 is 0. The first-order valence-electron chi connectivity index (χ1n) is 8.19. The summed E-state index contributed by atoms with van der Waals surface area (Å²) in [6, 6.07) is 4.19. The largest absolute Gasteiger partial charge is 0.490 e. The van der Waals surface area contributed by atoms with Crippen LogP contribution < -0.4 is 9.64 Å². The molecule has 0 unspecified atom stereocenters. The van der Waals surface area contributed by atoms with Crippen LogP contribution in [-0.4, -0.2) is 59.8 Å². The average Bonchev–Trinajstić information content (AvgIpc) is 2.70. The first-order chi connectivity index (χ1) is 13.0. The fourth-order valence-corrected chi connectivity index (χ4v) is 2.51. The molecule has 0 bridgehead atoms. The summed E-state index contributed by atoms with van der Waals surface area (Å²) in [5, 5.41) is 0. The number of carbonyl (C=O) groups is 2. The summed E-state index contributed by atoms with van der Waals surface area (Å²) in [5.74, 6) is -2.01. The molecule has 148 valence electrons. The van der Waals surface area contributed by atoms with Gasteiger partial charge in [-0.3, -0.25) is 0 Å². The van der Waals surface area contributed by atoms with E-state index in [4.69, 9.17) is 23.7 Å². The molecule has 0 spiro atoms. The Morgan fingerprint density at radius 1 is 1.15 bits per heavy atom. The fourth-order valence-electron chi connectivity index (χ4n) is 2.51. The van der Waals surface area contributed by atoms with E-state index in [9.17, 15) is 14.0 Å². The molecule has 0 aromatic heterocycles. The summed E-state index contributed by atoms with van der Waals surface area (Å²) in [6.07, 6.45) is 0.620. The molecule has 0 fully saturated rings. The zero-order valence-electron chi connectivity index (χ0n) is 15.5. The molecule has 0 saturated carbocycles. The molecule has 0 radical (unpaired) electrons. The molecule has 2 rings (SSSR count). The highest BCUT2D eigenvalue weighted by molar-refractivity contribution is 6.03. The van der Waals surface area contributed by atoms with Crippen LogP contribution in [0, 0.1) is 5.82 Å². The Balaban J connectivity index is 2.30. The van der Waals surface area contributed by atoms with Crippen LogP contribution in [0.3, 0.4) is 0 Å². The van der Waals surface area contributed by atoms with E-state index in [1.165, 1.54) is 31.3 Å². The Labute approximate surface area is 156 Å². The van der Waals surface area contributed by atoms with Crippen LogP contribution in [0.4, 0.5) is 10.1 Å². The molecule has 1 aliphatic heterocycles. The van der Waals surface area contributed by atoms with Gasteiger partial charge in [-0.1, -0.05) is 0 Å². The first kappa shape index (κ1) is 20.7. The zero-order chi connectivity index (χ0) is 19.8. The van der Waals surface area contributed by atoms with Crippen molar-refractivity contribution in [2.24, 2.45) is 0 Å². The topological polar surface area (TPSA) is 83.5 Å². The Hall–Kier alpha value is -2.65. The van der Waals surface area contributed by atoms with Gasteiger partial charge in [-0.2, -0.15) is 0 Å². The second kappa shape index (κ2) is 9.89. The summed E-state index contributed by atoms with van der Waals surface area (Å²) in [4.78, 5) is 25.5. The van der Waals surface area contributed by atoms with Crippen molar-refractivity contribution in [1.29, 1.82) is 0 Å². The quantitative estimate of drug-likeness (QED) is 0.495. The molecular formula is C18H22FNO7. The smallest absolute Gasteiger partial charge is 0.355 e. The number of hydrogen-bond donors (Lipinski definition) is 0. The molecule has 0 saturated heterocycles. The van der Waals surface area contributed by atoms with Crippen molar-refractivity contribution < 1.29 is 37.7 Å². The van der Waals surface area contributed by atoms with Crippen LogP contribution in [0.1, 0.15) is 6.42 Å². The van der Waals surface area contributed by atoms with Crippen LogP contribution in [0.2, 0.25) is 0 Å². The van der Waals surface area contributed by atoms with Gasteiger partial charge in [0.25, 0.3) is 0 Å². The predicted octanol–water partition coefficient (Wildman–Crippen LogP) is 1.64. The maximum Gasteiger partial charge on any atom is 0.355 e. The molecule has 1 aromatic rings. The van der Waals surface area contributed by atoms with Crippen molar-refractivity contribution in [3.63, 3.8) is 0 Å². The van der Waals surface area contributed by atoms with E-state index in [2.05, 4.69) is 0 Å². The number of carbonyl (C=O) groups excluding carboxylic acids is 2. The van der Waals surface area contributed by atoms with Gasteiger partial charge in [-0.25, -0.2) is 14.0 Å². The Morgan fingerprint density at radius 2 is 1.89 bits per heavy atom. The third-order valence-corrected chi connectivity index (χ3v) is 3.81. The van der Waals surface area contributed by atoms with E-state index in [-0.39, 0.29) is 30.4 Å². The lowest BCUT2D eigenvalue weighted by Crippen LogP contribution is -2.38. The maximum atomic E-state index is 14.4. The van der Waals surface area contributed by atoms with Crippen molar-refractivity contribution in [3.05, 3.63) is 35.3 Å². The van der Waals surface area contributed by atoms with Crippen molar-refractivity contribution in [2.45, 2.75) is 6.42 Å². The molecule has 27 heavy (non-hydrogen) atoms. The number of nitrogens with zero attached hydrogens (tertiary/aromatic N) is 1. The molecule has 0 atom stereocenters. The number of ether oxygens (including phenoxy) is 5. The molecule has 0 N–H and O–H groups in total. The lowest BCUT2D eigenvalue weighted by Gasteiger charge is -2.31. The maximum absolute atomic E-state index is 14.4. The van der Waals surface area contributed by atoms with Crippen molar-refractivity contribution in [2.75, 3.05) is 52.8 Å². The standard InChI is InChI=1S/C18H22FNO7/c1-23-7-4-8-27-15-6-5-12(9-14(15)19)20-11-26-10-13(17(21)24-2)16(20)18(22)25-3/h5-6,9H,4,7-8,10-11H2,1-3H3. The Bertz CT molecular complexity index is 720. The predicted molar refractivity (Wildman–Crippen MR) is 92.7 cm³/mol. The fraction of sp³-hybridized carbons (Fsp3) is 0.444. The van der Waals surface area contributed by atoms with Gasteiger partial charge < -0.3 is 28.6 Å². The average molecular weight is 383 g/mol. The molecule has 9 heteroatoms. The van der Waals surface area contributed by atoms with Crippen LogP contribution >= 0.6 is 0 Å². The van der Waals surface area contributed by atoms with Crippen molar-refractivity contribution in [3.8, 4) is 5.75 Å². The van der Waals surface area contributed by atoms with Gasteiger partial charge in [0, 0.05) is 31.9 Å². The van der Waals surface area contributed by atoms with E-state index in [1.807, 2.05) is 0 Å². The monoisotopic (exact) mass is 383 g/mol. The van der Waals surface area contributed by atoms with E-state index in [1.54, 1.807) is 13.2 Å². The minimum atomic E-state index is -0.751. The van der Waals surface area contributed by atoms with Gasteiger partial charge in [-0.15, -0.1) is 0 Å². The van der Waals surface area contributed by atoms with Crippen molar-refractivity contribution >= 4 is 17.6 Å². The van der Waals surface area contributed by atoms with Crippen LogP contribution in [0.25, 0.3) is 0 Å². The number of methoxy groups -OCH3 is 3. The minimum Gasteiger partial charge on any atom is -0.490 e. The van der Waals surface area contributed by atoms with Crippen LogP contribution in [0.5, 0.6) is 5.75 Å². The van der Waals surface area contributed by atoms with E-state index in [0.29, 0.717) is 25.3 Å². The van der Waals surface area contributed by atoms with E-state index in [0.717, 1.165) is 0 Å². The number of halogens is 1. The molecule has 1 aliphatic rings. The summed E-state index contributed by atoms with van der Waals surface area (Å²) < 4.78 is 39.5. The van der Waals surface area contributed by atoms with Gasteiger partial charge in [0.15, 0.2) is 11.6 Å². The highest BCUT2D eigenvalue weighted by Crippen LogP contribution is 2.30. The van der Waals surface area contributed by atoms with Crippen LogP contribution in [0.15, 0.2) is 29.5 Å². The van der Waals surface area contributed by atoms with Gasteiger partial charge in [0.1, 0.15) is 12.4 Å². The number of benzene rings is 1. The summed E-state index contributed by atoms with van der Waals surface area (Å²) in [5.41, 5.74) is 0.248. The normalized spacial score (nSPS) is 14.1. The lowest BCUT2D eigenvalue weighted by molar-refractivity contribution is -0.140.